The molecule has 2 heterocycles. The van der Waals surface area contributed by atoms with Gasteiger partial charge in [-0.3, -0.25) is 9.36 Å². The second kappa shape index (κ2) is 7.56. The molecule has 2 aliphatic rings. The van der Waals surface area contributed by atoms with Gasteiger partial charge in [0.25, 0.3) is 5.56 Å². The van der Waals surface area contributed by atoms with Crippen molar-refractivity contribution in [3.05, 3.63) is 33.0 Å². The number of carbonyl (C=O) groups excluding carboxylic acids is 1. The zero-order valence-electron chi connectivity index (χ0n) is 16.8. The van der Waals surface area contributed by atoms with E-state index in [0.717, 1.165) is 31.5 Å². The van der Waals surface area contributed by atoms with Crippen LogP contribution < -0.4 is 43.5 Å². The molecule has 2 amide bonds. The molecule has 0 unspecified atom stereocenters. The van der Waals surface area contributed by atoms with Gasteiger partial charge in [0.05, 0.1) is 18.2 Å². The number of urea groups is 1. The van der Waals surface area contributed by atoms with E-state index in [2.05, 4.69) is 10.2 Å². The summed E-state index contributed by atoms with van der Waals surface area (Å²) in [6, 6.07) is 2.70. The summed E-state index contributed by atoms with van der Waals surface area (Å²) in [6.45, 7) is 1.70. The van der Waals surface area contributed by atoms with E-state index < -0.39 is 17.3 Å². The Morgan fingerprint density at radius 1 is 1.30 bits per heavy atom. The molecule has 1 aliphatic carbocycles. The number of nitrogens with two attached hydrogens (primary N) is 3. The number of anilines is 1. The second-order valence-corrected chi connectivity index (χ2v) is 7.98. The van der Waals surface area contributed by atoms with Gasteiger partial charge in [0.2, 0.25) is 0 Å². The number of aromatic nitrogens is 2. The molecule has 0 bridgehead atoms. The minimum Gasteiger partial charge on any atom is -0.492 e. The maximum Gasteiger partial charge on any atom is 0.350 e. The van der Waals surface area contributed by atoms with Gasteiger partial charge in [-0.05, 0) is 37.3 Å². The molecular weight excluding hydrogens is 390 g/mol. The van der Waals surface area contributed by atoms with Crippen LogP contribution in [-0.4, -0.2) is 48.1 Å². The third-order valence-corrected chi connectivity index (χ3v) is 6.01. The monoisotopic (exact) mass is 417 g/mol. The number of methoxy groups -OCH3 is 1. The number of carbonyl (C=O) groups is 1. The van der Waals surface area contributed by atoms with Crippen molar-refractivity contribution >= 4 is 22.6 Å². The van der Waals surface area contributed by atoms with Crippen molar-refractivity contribution in [2.24, 2.45) is 17.4 Å². The third kappa shape index (κ3) is 3.34. The summed E-state index contributed by atoms with van der Waals surface area (Å²) in [6.07, 6.45) is 2.55. The highest BCUT2D eigenvalue weighted by molar-refractivity contribution is 5.90. The van der Waals surface area contributed by atoms with Gasteiger partial charge in [-0.2, -0.15) is 4.68 Å². The zero-order valence-corrected chi connectivity index (χ0v) is 16.8. The van der Waals surface area contributed by atoms with Gasteiger partial charge < -0.3 is 32.3 Å². The summed E-state index contributed by atoms with van der Waals surface area (Å²) in [5.74, 6) is 6.37. The molecule has 0 radical (unpaired) electrons. The maximum atomic E-state index is 12.7. The molecule has 1 saturated carbocycles. The van der Waals surface area contributed by atoms with Crippen LogP contribution in [0.25, 0.3) is 10.9 Å². The molecular formula is C19H27N7O4. The molecule has 2 atom stereocenters. The van der Waals surface area contributed by atoms with Gasteiger partial charge >= 0.3 is 11.7 Å². The first-order valence-electron chi connectivity index (χ1n) is 10.0. The lowest BCUT2D eigenvalue weighted by molar-refractivity contribution is 0.247. The van der Waals surface area contributed by atoms with E-state index in [1.54, 1.807) is 10.6 Å². The van der Waals surface area contributed by atoms with Crippen molar-refractivity contribution in [1.82, 2.24) is 14.6 Å². The van der Waals surface area contributed by atoms with Crippen LogP contribution in [-0.2, 0) is 0 Å². The van der Waals surface area contributed by atoms with Gasteiger partial charge in [0, 0.05) is 31.7 Å². The topological polar surface area (TPSA) is 164 Å². The average molecular weight is 417 g/mol. The van der Waals surface area contributed by atoms with Crippen molar-refractivity contribution < 1.29 is 9.53 Å². The third-order valence-electron chi connectivity index (χ3n) is 6.01. The van der Waals surface area contributed by atoms with E-state index in [9.17, 15) is 14.4 Å². The molecule has 162 valence electrons. The number of hydrogen-bond acceptors (Lipinski definition) is 7. The Kier molecular flexibility index (Phi) is 5.06. The number of benzene rings is 1. The van der Waals surface area contributed by atoms with Gasteiger partial charge in [0.15, 0.2) is 5.75 Å². The van der Waals surface area contributed by atoms with Crippen molar-refractivity contribution in [2.75, 3.05) is 37.5 Å². The van der Waals surface area contributed by atoms with Gasteiger partial charge in [0.1, 0.15) is 5.52 Å². The van der Waals surface area contributed by atoms with Gasteiger partial charge in [-0.15, -0.1) is 0 Å². The summed E-state index contributed by atoms with van der Waals surface area (Å²) in [4.78, 5) is 38.4. The van der Waals surface area contributed by atoms with E-state index in [-0.39, 0.29) is 18.0 Å². The summed E-state index contributed by atoms with van der Waals surface area (Å²) in [5, 5.41) is 2.90. The summed E-state index contributed by atoms with van der Waals surface area (Å²) >= 11 is 0. The average Bonchev–Trinajstić information content (AvgIpc) is 3.44. The van der Waals surface area contributed by atoms with Crippen molar-refractivity contribution in [2.45, 2.75) is 31.3 Å². The SMILES string of the molecule is COc1c(N2CC[C@@H]([C@H](N)CNC(N)=O)C2)ccc2c(=O)n(N)c(=O)n(C3CC3)c12. The Balaban J connectivity index is 1.73. The summed E-state index contributed by atoms with van der Waals surface area (Å²) in [7, 11) is 1.53. The zero-order chi connectivity index (χ0) is 21.6. The Labute approximate surface area is 172 Å². The molecule has 11 nitrogen and oxygen atoms in total. The first kappa shape index (κ1) is 20.1. The standard InChI is InChI=1S/C19H27N7O4/c1-30-16-14(24-7-6-10(9-24)13(20)8-23-18(21)28)5-4-12-15(16)25(11-2-3-11)19(29)26(22)17(12)27/h4-5,10-11,13H,2-3,6-9,20,22H2,1H3,(H3,21,23,28)/t10-,13-/m1/s1. The minimum atomic E-state index is -0.597. The molecule has 0 spiro atoms. The number of ether oxygens (including phenoxy) is 1. The first-order valence-corrected chi connectivity index (χ1v) is 10.0. The number of nitrogens with one attached hydrogen (secondary N) is 1. The molecule has 2 fully saturated rings. The quantitative estimate of drug-likeness (QED) is 0.440. The summed E-state index contributed by atoms with van der Waals surface area (Å²) in [5.41, 5.74) is 11.6. The van der Waals surface area contributed by atoms with Crippen LogP contribution in [0.1, 0.15) is 25.3 Å². The number of fused-ring (bicyclic) bond motifs is 1. The smallest absolute Gasteiger partial charge is 0.350 e. The Morgan fingerprint density at radius 2 is 2.03 bits per heavy atom. The molecule has 11 heteroatoms. The predicted octanol–water partition coefficient (Wildman–Crippen LogP) is -0.958. The van der Waals surface area contributed by atoms with Crippen LogP contribution in [0, 0.1) is 5.92 Å². The second-order valence-electron chi connectivity index (χ2n) is 7.98. The number of rotatable bonds is 6. The van der Waals surface area contributed by atoms with E-state index in [0.29, 0.717) is 34.4 Å². The van der Waals surface area contributed by atoms with E-state index in [1.807, 2.05) is 6.07 Å². The van der Waals surface area contributed by atoms with Crippen molar-refractivity contribution in [3.63, 3.8) is 0 Å². The minimum absolute atomic E-state index is 0.0131. The maximum absolute atomic E-state index is 12.7. The Bertz CT molecular complexity index is 1100. The first-order chi connectivity index (χ1) is 14.3. The highest BCUT2D eigenvalue weighted by atomic mass is 16.5. The number of amides is 2. The van der Waals surface area contributed by atoms with Crippen LogP contribution >= 0.6 is 0 Å². The highest BCUT2D eigenvalue weighted by Crippen LogP contribution is 2.42. The molecule has 1 aliphatic heterocycles. The fraction of sp³-hybridized carbons (Fsp3) is 0.526. The Hall–Kier alpha value is -3.21. The van der Waals surface area contributed by atoms with E-state index in [1.165, 1.54) is 7.11 Å². The molecule has 7 N–H and O–H groups in total. The normalized spacial score (nSPS) is 19.8. The van der Waals surface area contributed by atoms with Gasteiger partial charge in [-0.25, -0.2) is 9.59 Å². The fourth-order valence-corrected chi connectivity index (χ4v) is 4.26. The van der Waals surface area contributed by atoms with Crippen LogP contribution in [0.3, 0.4) is 0 Å². The lowest BCUT2D eigenvalue weighted by Gasteiger charge is -2.25. The van der Waals surface area contributed by atoms with E-state index >= 15 is 0 Å². The molecule has 1 saturated heterocycles. The molecule has 2 aromatic rings. The lowest BCUT2D eigenvalue weighted by atomic mass is 10.00. The number of primary amides is 1. The lowest BCUT2D eigenvalue weighted by Crippen LogP contribution is -2.45. The molecule has 1 aromatic carbocycles. The largest absolute Gasteiger partial charge is 0.492 e. The van der Waals surface area contributed by atoms with Crippen LogP contribution in [0.5, 0.6) is 5.75 Å². The number of hydrogen-bond donors (Lipinski definition) is 4. The van der Waals surface area contributed by atoms with E-state index in [4.69, 9.17) is 22.0 Å². The highest BCUT2D eigenvalue weighted by Gasteiger charge is 2.33. The van der Waals surface area contributed by atoms with Crippen LogP contribution in [0.2, 0.25) is 0 Å². The predicted molar refractivity (Wildman–Crippen MR) is 113 cm³/mol. The molecule has 30 heavy (non-hydrogen) atoms. The van der Waals surface area contributed by atoms with Crippen molar-refractivity contribution in [3.8, 4) is 5.75 Å². The summed E-state index contributed by atoms with van der Waals surface area (Å²) < 4.78 is 7.96. The van der Waals surface area contributed by atoms with Crippen LogP contribution in [0.4, 0.5) is 10.5 Å². The molecule has 4 rings (SSSR count). The number of nitrogens with zero attached hydrogens (tertiary/aromatic N) is 3. The Morgan fingerprint density at radius 3 is 2.67 bits per heavy atom. The van der Waals surface area contributed by atoms with Gasteiger partial charge in [-0.1, -0.05) is 0 Å². The molecule has 1 aromatic heterocycles. The van der Waals surface area contributed by atoms with Crippen molar-refractivity contribution in [1.29, 1.82) is 0 Å². The fourth-order valence-electron chi connectivity index (χ4n) is 4.26. The number of nitrogen functional groups attached to an aromatic ring is 1. The van der Waals surface area contributed by atoms with Crippen LogP contribution in [0.15, 0.2) is 21.7 Å².